The third-order valence-electron chi connectivity index (χ3n) is 4.84. The Bertz CT molecular complexity index is 820. The fourth-order valence-electron chi connectivity index (χ4n) is 3.58. The zero-order valence-electron chi connectivity index (χ0n) is 15.9. The van der Waals surface area contributed by atoms with Crippen LogP contribution in [0.5, 0.6) is 0 Å². The van der Waals surface area contributed by atoms with Crippen molar-refractivity contribution in [2.24, 2.45) is 10.9 Å². The van der Waals surface area contributed by atoms with Gasteiger partial charge >= 0.3 is 0 Å². The first-order chi connectivity index (χ1) is 12.8. The van der Waals surface area contributed by atoms with Crippen LogP contribution in [0, 0.1) is 5.92 Å². The fourth-order valence-corrected chi connectivity index (χ4v) is 5.44. The minimum atomic E-state index is -2.91. The second-order valence-corrected chi connectivity index (χ2v) is 9.77. The van der Waals surface area contributed by atoms with Crippen LogP contribution < -0.4 is 15.5 Å². The Balaban J connectivity index is 1.72. The van der Waals surface area contributed by atoms with Gasteiger partial charge in [-0.25, -0.2) is 13.4 Å². The SMILES string of the molecule is CC(C)NC(=O)CN=C(NCC1CCS(=O)(=O)C1)N1CCc2ccccc21. The second-order valence-electron chi connectivity index (χ2n) is 7.54. The molecule has 0 saturated carbocycles. The minimum absolute atomic E-state index is 0.0438. The molecule has 2 aliphatic rings. The zero-order valence-corrected chi connectivity index (χ0v) is 16.8. The van der Waals surface area contributed by atoms with E-state index in [9.17, 15) is 13.2 Å². The summed E-state index contributed by atoms with van der Waals surface area (Å²) >= 11 is 0. The molecule has 1 aromatic carbocycles. The van der Waals surface area contributed by atoms with Gasteiger partial charge in [-0.2, -0.15) is 0 Å². The van der Waals surface area contributed by atoms with Crippen LogP contribution in [0.1, 0.15) is 25.8 Å². The van der Waals surface area contributed by atoms with Crippen LogP contribution >= 0.6 is 0 Å². The summed E-state index contributed by atoms with van der Waals surface area (Å²) in [6.45, 7) is 5.21. The molecule has 0 aliphatic carbocycles. The van der Waals surface area contributed by atoms with Crippen LogP contribution in [0.15, 0.2) is 29.3 Å². The molecule has 3 rings (SSSR count). The lowest BCUT2D eigenvalue weighted by Gasteiger charge is -2.24. The van der Waals surface area contributed by atoms with Crippen molar-refractivity contribution >= 4 is 27.4 Å². The fraction of sp³-hybridized carbons (Fsp3) is 0.579. The van der Waals surface area contributed by atoms with E-state index in [1.54, 1.807) is 0 Å². The maximum absolute atomic E-state index is 12.0. The molecule has 2 heterocycles. The number of carbonyl (C=O) groups excluding carboxylic acids is 1. The Labute approximate surface area is 161 Å². The number of sulfone groups is 1. The molecule has 0 radical (unpaired) electrons. The maximum Gasteiger partial charge on any atom is 0.242 e. The lowest BCUT2D eigenvalue weighted by Crippen LogP contribution is -2.43. The van der Waals surface area contributed by atoms with E-state index in [-0.39, 0.29) is 35.9 Å². The maximum atomic E-state index is 12.0. The molecule has 1 fully saturated rings. The molecule has 2 N–H and O–H groups in total. The lowest BCUT2D eigenvalue weighted by molar-refractivity contribution is -0.120. The molecule has 1 atom stereocenters. The van der Waals surface area contributed by atoms with E-state index >= 15 is 0 Å². The molecule has 27 heavy (non-hydrogen) atoms. The third-order valence-corrected chi connectivity index (χ3v) is 6.68. The third kappa shape index (κ3) is 5.22. The van der Waals surface area contributed by atoms with Crippen molar-refractivity contribution in [1.82, 2.24) is 10.6 Å². The Morgan fingerprint density at radius 3 is 2.81 bits per heavy atom. The van der Waals surface area contributed by atoms with Gasteiger partial charge in [-0.3, -0.25) is 4.79 Å². The van der Waals surface area contributed by atoms with E-state index in [2.05, 4.69) is 26.6 Å². The van der Waals surface area contributed by atoms with Crippen molar-refractivity contribution in [3.63, 3.8) is 0 Å². The van der Waals surface area contributed by atoms with E-state index in [0.717, 1.165) is 18.7 Å². The highest BCUT2D eigenvalue weighted by molar-refractivity contribution is 7.91. The molecule has 8 heteroatoms. The first-order valence-electron chi connectivity index (χ1n) is 9.47. The molecule has 148 valence electrons. The zero-order chi connectivity index (χ0) is 19.4. The molecule has 1 aromatic rings. The molecule has 1 unspecified atom stereocenters. The molecule has 0 bridgehead atoms. The number of hydrogen-bond acceptors (Lipinski definition) is 4. The molecule has 1 saturated heterocycles. The molecule has 7 nitrogen and oxygen atoms in total. The average Bonchev–Trinajstić information content (AvgIpc) is 3.17. The van der Waals surface area contributed by atoms with Gasteiger partial charge in [0.15, 0.2) is 15.8 Å². The lowest BCUT2D eigenvalue weighted by atomic mass is 10.1. The smallest absolute Gasteiger partial charge is 0.242 e. The first kappa shape index (κ1) is 19.7. The van der Waals surface area contributed by atoms with Crippen LogP contribution in [0.2, 0.25) is 0 Å². The van der Waals surface area contributed by atoms with Crippen molar-refractivity contribution in [1.29, 1.82) is 0 Å². The molecule has 0 aromatic heterocycles. The number of para-hydroxylation sites is 1. The Morgan fingerprint density at radius 1 is 1.33 bits per heavy atom. The van der Waals surface area contributed by atoms with Gasteiger partial charge in [-0.05, 0) is 44.2 Å². The monoisotopic (exact) mass is 392 g/mol. The first-order valence-corrected chi connectivity index (χ1v) is 11.3. The molecular weight excluding hydrogens is 364 g/mol. The normalized spacial score (nSPS) is 21.4. The van der Waals surface area contributed by atoms with E-state index in [1.807, 2.05) is 32.0 Å². The van der Waals surface area contributed by atoms with Crippen molar-refractivity contribution in [2.75, 3.05) is 36.0 Å². The van der Waals surface area contributed by atoms with Crippen LogP contribution in [0.3, 0.4) is 0 Å². The highest BCUT2D eigenvalue weighted by atomic mass is 32.2. The van der Waals surface area contributed by atoms with Crippen molar-refractivity contribution in [3.8, 4) is 0 Å². The van der Waals surface area contributed by atoms with Gasteiger partial charge in [0, 0.05) is 24.8 Å². The predicted octanol–water partition coefficient (Wildman–Crippen LogP) is 0.954. The standard InChI is InChI=1S/C19H28N4O3S/c1-14(2)22-18(24)12-21-19(20-11-15-8-10-27(25,26)13-15)23-9-7-16-5-3-4-6-17(16)23/h3-6,14-15H,7-13H2,1-2H3,(H,20,21)(H,22,24). The molecular formula is C19H28N4O3S. The number of amides is 1. The molecule has 2 aliphatic heterocycles. The van der Waals surface area contributed by atoms with Crippen LogP contribution in [-0.4, -0.2) is 57.5 Å². The van der Waals surface area contributed by atoms with Gasteiger partial charge in [0.2, 0.25) is 5.91 Å². The average molecular weight is 393 g/mol. The Morgan fingerprint density at radius 2 is 2.11 bits per heavy atom. The predicted molar refractivity (Wildman–Crippen MR) is 108 cm³/mol. The van der Waals surface area contributed by atoms with Crippen LogP contribution in [-0.2, 0) is 21.1 Å². The number of anilines is 1. The van der Waals surface area contributed by atoms with Crippen molar-refractivity contribution in [2.45, 2.75) is 32.7 Å². The number of aliphatic imine (C=N–C) groups is 1. The van der Waals surface area contributed by atoms with E-state index < -0.39 is 9.84 Å². The number of guanidine groups is 1. The number of nitrogens with one attached hydrogen (secondary N) is 2. The van der Waals surface area contributed by atoms with Gasteiger partial charge in [-0.1, -0.05) is 18.2 Å². The summed E-state index contributed by atoms with van der Waals surface area (Å²) in [5.41, 5.74) is 2.34. The highest BCUT2D eigenvalue weighted by Crippen LogP contribution is 2.27. The van der Waals surface area contributed by atoms with Crippen molar-refractivity contribution in [3.05, 3.63) is 29.8 Å². The summed E-state index contributed by atoms with van der Waals surface area (Å²) in [4.78, 5) is 18.6. The highest BCUT2D eigenvalue weighted by Gasteiger charge is 2.29. The summed E-state index contributed by atoms with van der Waals surface area (Å²) < 4.78 is 23.4. The second kappa shape index (κ2) is 8.29. The van der Waals surface area contributed by atoms with E-state index in [0.29, 0.717) is 18.9 Å². The summed E-state index contributed by atoms with van der Waals surface area (Å²) in [6, 6.07) is 8.23. The number of fused-ring (bicyclic) bond motifs is 1. The number of rotatable bonds is 5. The van der Waals surface area contributed by atoms with Crippen LogP contribution in [0.4, 0.5) is 5.69 Å². The summed E-state index contributed by atoms with van der Waals surface area (Å²) in [7, 11) is -2.91. The number of hydrogen-bond donors (Lipinski definition) is 2. The van der Waals surface area contributed by atoms with Gasteiger partial charge in [0.1, 0.15) is 6.54 Å². The summed E-state index contributed by atoms with van der Waals surface area (Å²) in [5.74, 6) is 1.08. The van der Waals surface area contributed by atoms with Gasteiger partial charge < -0.3 is 15.5 Å². The van der Waals surface area contributed by atoms with Gasteiger partial charge in [0.05, 0.1) is 11.5 Å². The largest absolute Gasteiger partial charge is 0.356 e. The number of nitrogens with zero attached hydrogens (tertiary/aromatic N) is 2. The quantitative estimate of drug-likeness (QED) is 0.575. The Kier molecular flexibility index (Phi) is 6.04. The van der Waals surface area contributed by atoms with E-state index in [4.69, 9.17) is 0 Å². The molecule has 1 amide bonds. The van der Waals surface area contributed by atoms with E-state index in [1.165, 1.54) is 5.56 Å². The van der Waals surface area contributed by atoms with Crippen LogP contribution in [0.25, 0.3) is 0 Å². The number of benzene rings is 1. The minimum Gasteiger partial charge on any atom is -0.356 e. The topological polar surface area (TPSA) is 90.9 Å². The van der Waals surface area contributed by atoms with Crippen molar-refractivity contribution < 1.29 is 13.2 Å². The number of carbonyl (C=O) groups is 1. The van der Waals surface area contributed by atoms with Gasteiger partial charge in [-0.15, -0.1) is 0 Å². The Hall–Kier alpha value is -2.09. The van der Waals surface area contributed by atoms with Gasteiger partial charge in [0.25, 0.3) is 0 Å². The molecule has 0 spiro atoms. The summed E-state index contributed by atoms with van der Waals surface area (Å²) in [5, 5.41) is 6.17. The summed E-state index contributed by atoms with van der Waals surface area (Å²) in [6.07, 6.45) is 1.60.